The first-order valence-electron chi connectivity index (χ1n) is 11.4. The van der Waals surface area contributed by atoms with Gasteiger partial charge in [0.05, 0.1) is 5.69 Å². The topological polar surface area (TPSA) is 63.2 Å². The fraction of sp³-hybridized carbons (Fsp3) is 0.609. The summed E-state index contributed by atoms with van der Waals surface area (Å²) < 4.78 is 45.1. The minimum Gasteiger partial charge on any atom is -0.381 e. The fourth-order valence-electron chi connectivity index (χ4n) is 5.56. The molecule has 0 amide bonds. The van der Waals surface area contributed by atoms with Crippen LogP contribution in [0.25, 0.3) is 11.3 Å². The number of alkyl halides is 3. The third-order valence-corrected chi connectivity index (χ3v) is 7.05. The Morgan fingerprint density at radius 1 is 1.03 bits per heavy atom. The summed E-state index contributed by atoms with van der Waals surface area (Å²) in [7, 11) is 0. The maximum Gasteiger partial charge on any atom is 0.434 e. The number of rotatable bonds is 5. The lowest BCUT2D eigenvalue weighted by molar-refractivity contribution is -0.140. The van der Waals surface area contributed by atoms with Crippen LogP contribution in [0.5, 0.6) is 0 Å². The molecule has 1 N–H and O–H groups in total. The van der Waals surface area contributed by atoms with Crippen LogP contribution in [0.3, 0.4) is 0 Å². The SMILES string of the molecule is FC(F)(F)c1ncccc1-c1ccc(N[C@@H]2CC3CN(CC4CCOCC4)C[C@H]3C2)nn1. The molecule has 2 aromatic heterocycles. The highest BCUT2D eigenvalue weighted by molar-refractivity contribution is 5.62. The molecule has 6 nitrogen and oxygen atoms in total. The number of anilines is 1. The molecule has 172 valence electrons. The van der Waals surface area contributed by atoms with Crippen LogP contribution in [0.2, 0.25) is 0 Å². The Hall–Kier alpha value is -2.26. The Kier molecular flexibility index (Phi) is 6.03. The van der Waals surface area contributed by atoms with Gasteiger partial charge in [0.25, 0.3) is 0 Å². The van der Waals surface area contributed by atoms with Crippen molar-refractivity contribution < 1.29 is 17.9 Å². The van der Waals surface area contributed by atoms with Gasteiger partial charge in [-0.2, -0.15) is 13.2 Å². The van der Waals surface area contributed by atoms with E-state index >= 15 is 0 Å². The van der Waals surface area contributed by atoms with Crippen molar-refractivity contribution in [3.8, 4) is 11.3 Å². The monoisotopic (exact) mass is 447 g/mol. The summed E-state index contributed by atoms with van der Waals surface area (Å²) in [5.74, 6) is 2.77. The summed E-state index contributed by atoms with van der Waals surface area (Å²) in [6.45, 7) is 5.30. The third kappa shape index (κ3) is 4.73. The summed E-state index contributed by atoms with van der Waals surface area (Å²) in [6, 6.07) is 6.46. The van der Waals surface area contributed by atoms with Crippen LogP contribution in [-0.2, 0) is 10.9 Å². The quantitative estimate of drug-likeness (QED) is 0.745. The molecular formula is C23H28F3N5O. The molecule has 0 aromatic carbocycles. The van der Waals surface area contributed by atoms with E-state index in [0.717, 1.165) is 51.3 Å². The molecule has 3 atom stereocenters. The highest BCUT2D eigenvalue weighted by atomic mass is 19.4. The minimum atomic E-state index is -4.53. The van der Waals surface area contributed by atoms with Crippen molar-refractivity contribution in [1.29, 1.82) is 0 Å². The van der Waals surface area contributed by atoms with Gasteiger partial charge < -0.3 is 15.0 Å². The zero-order valence-electron chi connectivity index (χ0n) is 17.9. The first-order chi connectivity index (χ1) is 15.5. The Balaban J connectivity index is 1.16. The number of fused-ring (bicyclic) bond motifs is 1. The second-order valence-electron chi connectivity index (χ2n) is 9.31. The molecule has 5 rings (SSSR count). The zero-order valence-corrected chi connectivity index (χ0v) is 17.9. The van der Waals surface area contributed by atoms with Crippen LogP contribution < -0.4 is 5.32 Å². The van der Waals surface area contributed by atoms with Crippen molar-refractivity contribution in [2.24, 2.45) is 17.8 Å². The van der Waals surface area contributed by atoms with Gasteiger partial charge in [0.15, 0.2) is 5.69 Å². The molecule has 0 radical (unpaired) electrons. The van der Waals surface area contributed by atoms with Gasteiger partial charge in [-0.15, -0.1) is 10.2 Å². The summed E-state index contributed by atoms with van der Waals surface area (Å²) >= 11 is 0. The van der Waals surface area contributed by atoms with Gasteiger partial charge in [0.2, 0.25) is 0 Å². The van der Waals surface area contributed by atoms with Gasteiger partial charge in [-0.3, -0.25) is 4.98 Å². The highest BCUT2D eigenvalue weighted by Crippen LogP contribution is 2.40. The Bertz CT molecular complexity index is 903. The molecule has 1 aliphatic carbocycles. The van der Waals surface area contributed by atoms with E-state index in [1.165, 1.54) is 31.5 Å². The van der Waals surface area contributed by atoms with Gasteiger partial charge >= 0.3 is 6.18 Å². The van der Waals surface area contributed by atoms with E-state index in [4.69, 9.17) is 4.74 Å². The average molecular weight is 448 g/mol. The Labute approximate surface area is 185 Å². The largest absolute Gasteiger partial charge is 0.434 e. The Morgan fingerprint density at radius 2 is 1.78 bits per heavy atom. The molecule has 0 bridgehead atoms. The van der Waals surface area contributed by atoms with Gasteiger partial charge in [0, 0.05) is 50.7 Å². The van der Waals surface area contributed by atoms with Crippen LogP contribution in [0.15, 0.2) is 30.5 Å². The van der Waals surface area contributed by atoms with E-state index in [2.05, 4.69) is 25.4 Å². The van der Waals surface area contributed by atoms with Crippen molar-refractivity contribution in [2.75, 3.05) is 38.2 Å². The minimum absolute atomic E-state index is 0.0564. The molecule has 0 spiro atoms. The van der Waals surface area contributed by atoms with Crippen LogP contribution in [-0.4, -0.2) is 59.0 Å². The normalized spacial score (nSPS) is 26.9. The first kappa shape index (κ1) is 21.6. The number of ether oxygens (including phenoxy) is 1. The predicted molar refractivity (Wildman–Crippen MR) is 114 cm³/mol. The zero-order chi connectivity index (χ0) is 22.1. The number of hydrogen-bond acceptors (Lipinski definition) is 6. The van der Waals surface area contributed by atoms with Gasteiger partial charge in [-0.1, -0.05) is 0 Å². The smallest absolute Gasteiger partial charge is 0.381 e. The number of nitrogens with zero attached hydrogens (tertiary/aromatic N) is 4. The van der Waals surface area contributed by atoms with Crippen molar-refractivity contribution in [3.63, 3.8) is 0 Å². The van der Waals surface area contributed by atoms with Crippen LogP contribution in [0, 0.1) is 17.8 Å². The standard InChI is InChI=1S/C23H28F3N5O/c24-23(25,26)22-19(2-1-7-27-22)20-3-4-21(30-29-20)28-18-10-16-13-31(14-17(16)11-18)12-15-5-8-32-9-6-15/h1-4,7,15-18H,5-6,8-14H2,(H,28,30)/t16-,17?,18+/m1/s1. The molecule has 2 aliphatic heterocycles. The van der Waals surface area contributed by atoms with Crippen molar-refractivity contribution in [2.45, 2.75) is 37.9 Å². The maximum absolute atomic E-state index is 13.2. The summed E-state index contributed by atoms with van der Waals surface area (Å²) in [6.07, 6.45) is 1.15. The first-order valence-corrected chi connectivity index (χ1v) is 11.4. The average Bonchev–Trinajstić information content (AvgIpc) is 3.32. The van der Waals surface area contributed by atoms with E-state index in [1.54, 1.807) is 12.1 Å². The second-order valence-corrected chi connectivity index (χ2v) is 9.31. The van der Waals surface area contributed by atoms with E-state index < -0.39 is 11.9 Å². The van der Waals surface area contributed by atoms with Crippen LogP contribution in [0.4, 0.5) is 19.0 Å². The van der Waals surface area contributed by atoms with Crippen molar-refractivity contribution in [1.82, 2.24) is 20.1 Å². The lowest BCUT2D eigenvalue weighted by atomic mass is 10.00. The number of hydrogen-bond donors (Lipinski definition) is 1. The third-order valence-electron chi connectivity index (χ3n) is 7.05. The fourth-order valence-corrected chi connectivity index (χ4v) is 5.56. The molecule has 9 heteroatoms. The second kappa shape index (κ2) is 8.94. The molecule has 2 saturated heterocycles. The number of likely N-dealkylation sites (tertiary alicyclic amines) is 1. The summed E-state index contributed by atoms with van der Waals surface area (Å²) in [5.41, 5.74) is -0.828. The van der Waals surface area contributed by atoms with Gasteiger partial charge in [0.1, 0.15) is 5.82 Å². The van der Waals surface area contributed by atoms with Gasteiger partial charge in [-0.25, -0.2) is 0 Å². The van der Waals surface area contributed by atoms with E-state index in [1.807, 2.05) is 0 Å². The lowest BCUT2D eigenvalue weighted by Gasteiger charge is -2.27. The van der Waals surface area contributed by atoms with Crippen LogP contribution in [0.1, 0.15) is 31.4 Å². The van der Waals surface area contributed by atoms with Crippen molar-refractivity contribution >= 4 is 5.82 Å². The summed E-state index contributed by atoms with van der Waals surface area (Å²) in [4.78, 5) is 6.12. The van der Waals surface area contributed by atoms with E-state index in [9.17, 15) is 13.2 Å². The molecule has 3 fully saturated rings. The molecule has 1 saturated carbocycles. The molecule has 3 aliphatic rings. The van der Waals surface area contributed by atoms with E-state index in [-0.39, 0.29) is 11.3 Å². The molecular weight excluding hydrogens is 419 g/mol. The molecule has 32 heavy (non-hydrogen) atoms. The number of nitrogens with one attached hydrogen (secondary N) is 1. The van der Waals surface area contributed by atoms with E-state index in [0.29, 0.717) is 23.7 Å². The van der Waals surface area contributed by atoms with Gasteiger partial charge in [-0.05, 0) is 67.7 Å². The number of aromatic nitrogens is 3. The lowest BCUT2D eigenvalue weighted by Crippen LogP contribution is -2.32. The van der Waals surface area contributed by atoms with Crippen LogP contribution >= 0.6 is 0 Å². The predicted octanol–water partition coefficient (Wildman–Crippen LogP) is 4.11. The molecule has 1 unspecified atom stereocenters. The number of halogens is 3. The molecule has 4 heterocycles. The maximum atomic E-state index is 13.2. The summed E-state index contributed by atoms with van der Waals surface area (Å²) in [5, 5.41) is 11.6. The highest BCUT2D eigenvalue weighted by Gasteiger charge is 2.41. The Morgan fingerprint density at radius 3 is 2.44 bits per heavy atom. The number of pyridine rings is 1. The molecule has 2 aromatic rings. The van der Waals surface area contributed by atoms with Crippen molar-refractivity contribution in [3.05, 3.63) is 36.2 Å².